The predicted octanol–water partition coefficient (Wildman–Crippen LogP) is 9.79. The molecule has 2 atom stereocenters. The molecule has 4 heterocycles. The van der Waals surface area contributed by atoms with Gasteiger partial charge in [0.2, 0.25) is 0 Å². The van der Waals surface area contributed by atoms with Crippen LogP contribution in [0.5, 0.6) is 17.2 Å². The summed E-state index contributed by atoms with van der Waals surface area (Å²) in [7, 11) is 1.26. The number of fused-ring (bicyclic) bond motifs is 5. The van der Waals surface area contributed by atoms with Crippen LogP contribution in [0.3, 0.4) is 0 Å². The molecule has 1 aliphatic carbocycles. The van der Waals surface area contributed by atoms with Gasteiger partial charge in [-0.15, -0.1) is 0 Å². The minimum atomic E-state index is -1.40. The van der Waals surface area contributed by atoms with Crippen LogP contribution in [0.25, 0.3) is 32.7 Å². The van der Waals surface area contributed by atoms with Crippen molar-refractivity contribution in [3.05, 3.63) is 89.9 Å². The number of nitrogens with zero attached hydrogens (tertiary/aromatic N) is 3. The summed E-state index contributed by atoms with van der Waals surface area (Å²) in [6, 6.07) is 20.2. The second-order valence-electron chi connectivity index (χ2n) is 19.8. The molecule has 3 N–H and O–H groups in total. The van der Waals surface area contributed by atoms with E-state index in [-0.39, 0.29) is 57.2 Å². The second kappa shape index (κ2) is 18.6. The summed E-state index contributed by atoms with van der Waals surface area (Å²) in [5, 5.41) is 10.5. The number of rotatable bonds is 16. The molecule has 8 rings (SSSR count). The quantitative estimate of drug-likeness (QED) is 0.0774. The molecule has 16 heteroatoms. The first kappa shape index (κ1) is 48.1. The van der Waals surface area contributed by atoms with Gasteiger partial charge < -0.3 is 39.6 Å². The first-order chi connectivity index (χ1) is 32.8. The maximum Gasteiger partial charge on any atom is 0.356 e. The van der Waals surface area contributed by atoms with Crippen LogP contribution in [0.15, 0.2) is 72.8 Å². The Morgan fingerprint density at radius 2 is 0.986 bits per heavy atom. The second-order valence-corrected chi connectivity index (χ2v) is 19.8. The molecule has 2 fully saturated rings. The van der Waals surface area contributed by atoms with Crippen LogP contribution in [0.2, 0.25) is 0 Å². The summed E-state index contributed by atoms with van der Waals surface area (Å²) in [5.74, 6) is -1.21. The Hall–Kier alpha value is -7.36. The fourth-order valence-electron chi connectivity index (χ4n) is 8.87. The maximum atomic E-state index is 14.5. The van der Waals surface area contributed by atoms with Crippen LogP contribution >= 0.6 is 0 Å². The molecule has 0 spiro atoms. The first-order valence-corrected chi connectivity index (χ1v) is 23.2. The van der Waals surface area contributed by atoms with Crippen molar-refractivity contribution >= 4 is 79.4 Å². The third-order valence-electron chi connectivity index (χ3n) is 13.2. The molecule has 2 aliphatic rings. The third-order valence-corrected chi connectivity index (χ3v) is 13.2. The molecule has 360 valence electrons. The molecular weight excluding hydrogens is 881 g/mol. The number of para-hydroxylation sites is 3. The highest BCUT2D eigenvalue weighted by Crippen LogP contribution is 2.65. The zero-order chi connectivity index (χ0) is 49.6. The summed E-state index contributed by atoms with van der Waals surface area (Å²) in [5.41, 5.74) is -1.38. The van der Waals surface area contributed by atoms with Gasteiger partial charge in [-0.25, -0.2) is 19.7 Å². The molecule has 0 radical (unpaired) electrons. The van der Waals surface area contributed by atoms with Gasteiger partial charge >= 0.3 is 11.9 Å². The van der Waals surface area contributed by atoms with Crippen LogP contribution in [0, 0.1) is 28.6 Å². The first-order valence-electron chi connectivity index (χ1n) is 23.2. The molecule has 0 unspecified atom stereocenters. The van der Waals surface area contributed by atoms with Gasteiger partial charge in [-0.3, -0.25) is 19.2 Å². The van der Waals surface area contributed by atoms with E-state index in [2.05, 4.69) is 20.9 Å². The topological polar surface area (TPSA) is 206 Å². The van der Waals surface area contributed by atoms with Crippen molar-refractivity contribution in [2.75, 3.05) is 42.9 Å². The Morgan fingerprint density at radius 3 is 1.35 bits per heavy atom. The van der Waals surface area contributed by atoms with Crippen molar-refractivity contribution in [3.8, 4) is 17.2 Å². The summed E-state index contributed by atoms with van der Waals surface area (Å²) >= 11 is 0. The summed E-state index contributed by atoms with van der Waals surface area (Å²) in [6.45, 7) is 18.6. The van der Waals surface area contributed by atoms with Gasteiger partial charge in [0.05, 0.1) is 66.0 Å². The molecule has 16 nitrogen and oxygen atoms in total. The van der Waals surface area contributed by atoms with Crippen LogP contribution in [-0.4, -0.2) is 77.1 Å². The largest absolute Gasteiger partial charge is 0.493 e. The fourth-order valence-corrected chi connectivity index (χ4v) is 8.87. The lowest BCUT2D eigenvalue weighted by atomic mass is 9.66. The maximum absolute atomic E-state index is 14.5. The molecular formula is C53H58N6O10. The SMILES string of the molecule is COC(=O)c1cc(OCC(C)C)c2cccc(NC(=O)c3cc(OCC(C)C)c4cccc(NC(=O)c5cc(OCC(C)C)c6cccc(NC(=O)[C@@]78CC[C@@](C)(C(=O)O7)C8(C)C)c6n5)c4n3)c2n1. The minimum absolute atomic E-state index is 0.000841. The van der Waals surface area contributed by atoms with Crippen molar-refractivity contribution < 1.29 is 47.7 Å². The van der Waals surface area contributed by atoms with Crippen molar-refractivity contribution in [3.63, 3.8) is 0 Å². The van der Waals surface area contributed by atoms with Crippen LogP contribution in [0.4, 0.5) is 17.1 Å². The molecule has 2 bridgehead atoms. The third kappa shape index (κ3) is 8.83. The molecule has 3 aromatic heterocycles. The van der Waals surface area contributed by atoms with Crippen molar-refractivity contribution in [1.82, 2.24) is 15.0 Å². The highest BCUT2D eigenvalue weighted by Gasteiger charge is 2.75. The number of anilines is 3. The van der Waals surface area contributed by atoms with E-state index in [9.17, 15) is 24.0 Å². The molecule has 3 amide bonds. The lowest BCUT2D eigenvalue weighted by Crippen LogP contribution is -2.50. The number of carbonyl (C=O) groups is 5. The molecule has 1 saturated heterocycles. The monoisotopic (exact) mass is 938 g/mol. The number of esters is 2. The highest BCUT2D eigenvalue weighted by atomic mass is 16.6. The van der Waals surface area contributed by atoms with Crippen molar-refractivity contribution in [2.24, 2.45) is 28.6 Å². The molecule has 1 aliphatic heterocycles. The average molecular weight is 939 g/mol. The van der Waals surface area contributed by atoms with E-state index in [1.54, 1.807) is 66.7 Å². The lowest BCUT2D eigenvalue weighted by molar-refractivity contribution is -0.165. The smallest absolute Gasteiger partial charge is 0.356 e. The number of carbonyl (C=O) groups excluding carboxylic acids is 5. The van der Waals surface area contributed by atoms with Gasteiger partial charge in [0.1, 0.15) is 28.6 Å². The van der Waals surface area contributed by atoms with Gasteiger partial charge in [-0.1, -0.05) is 73.6 Å². The normalized spacial score (nSPS) is 18.2. The number of amides is 3. The Kier molecular flexibility index (Phi) is 13.0. The number of pyridine rings is 3. The predicted molar refractivity (Wildman–Crippen MR) is 262 cm³/mol. The number of methoxy groups -OCH3 is 1. The average Bonchev–Trinajstić information content (AvgIpc) is 3.61. The van der Waals surface area contributed by atoms with Gasteiger partial charge in [0.15, 0.2) is 11.3 Å². The number of benzene rings is 3. The standard InChI is InChI=1S/C53H58N6O10/c1-28(2)25-66-40-22-37(46(60)58-35-18-12-15-33-42(68-27-30(5)6)24-39(48(62)65-10)56-44(33)35)54-43-31(40)14-11-17-34(43)57-47(61)38-23-41(67-26-29(3)4)32-16-13-19-36(45(32)55-38)59-49(63)53-21-20-52(9,50(64)69-53)51(53,7)8/h11-19,22-24,28-30H,20-21,25-27H2,1-10H3,(H,57,61)(H,58,60)(H,59,63)/t52-,53+/m0/s1. The van der Waals surface area contributed by atoms with Crippen molar-refractivity contribution in [2.45, 2.75) is 80.8 Å². The zero-order valence-corrected chi connectivity index (χ0v) is 40.6. The van der Waals surface area contributed by atoms with Gasteiger partial charge in [0, 0.05) is 39.8 Å². The number of nitrogens with one attached hydrogen (secondary N) is 3. The van der Waals surface area contributed by atoms with Gasteiger partial charge in [-0.05, 0) is 73.9 Å². The lowest BCUT2D eigenvalue weighted by Gasteiger charge is -2.35. The van der Waals surface area contributed by atoms with Crippen molar-refractivity contribution in [1.29, 1.82) is 0 Å². The fraction of sp³-hybridized carbons (Fsp3) is 0.396. The van der Waals surface area contributed by atoms with Crippen LogP contribution in [-0.2, 0) is 19.1 Å². The van der Waals surface area contributed by atoms with E-state index in [0.717, 1.165) is 0 Å². The van der Waals surface area contributed by atoms with Gasteiger partial charge in [0.25, 0.3) is 17.7 Å². The van der Waals surface area contributed by atoms with E-state index in [1.807, 2.05) is 62.3 Å². The van der Waals surface area contributed by atoms with Crippen LogP contribution in [0.1, 0.15) is 107 Å². The number of hydrogen-bond donors (Lipinski definition) is 3. The summed E-state index contributed by atoms with van der Waals surface area (Å²) in [4.78, 5) is 83.1. The molecule has 3 aromatic carbocycles. The molecule has 1 saturated carbocycles. The van der Waals surface area contributed by atoms with Gasteiger partial charge in [-0.2, -0.15) is 0 Å². The Bertz CT molecular complexity index is 3060. The van der Waals surface area contributed by atoms with Crippen LogP contribution < -0.4 is 30.2 Å². The number of hydrogen-bond acceptors (Lipinski definition) is 13. The number of aromatic nitrogens is 3. The minimum Gasteiger partial charge on any atom is -0.493 e. The van der Waals surface area contributed by atoms with E-state index < -0.39 is 46.1 Å². The summed E-state index contributed by atoms with van der Waals surface area (Å²) in [6.07, 6.45) is 0.872. The Morgan fingerprint density at radius 1 is 0.594 bits per heavy atom. The van der Waals surface area contributed by atoms with E-state index >= 15 is 0 Å². The number of ether oxygens (including phenoxy) is 5. The molecule has 69 heavy (non-hydrogen) atoms. The van der Waals surface area contributed by atoms with E-state index in [1.165, 1.54) is 13.2 Å². The molecule has 6 aromatic rings. The Labute approximate surface area is 400 Å². The van der Waals surface area contributed by atoms with E-state index in [0.29, 0.717) is 77.3 Å². The zero-order valence-electron chi connectivity index (χ0n) is 40.6. The Balaban J connectivity index is 1.16. The van der Waals surface area contributed by atoms with E-state index in [4.69, 9.17) is 33.7 Å². The highest BCUT2D eigenvalue weighted by molar-refractivity contribution is 6.14. The summed E-state index contributed by atoms with van der Waals surface area (Å²) < 4.78 is 29.5.